The Kier molecular flexibility index (Phi) is 6.39. The van der Waals surface area contributed by atoms with E-state index >= 15 is 0 Å². The van der Waals surface area contributed by atoms with Gasteiger partial charge in [0, 0.05) is 38.1 Å². The van der Waals surface area contributed by atoms with Crippen LogP contribution in [0, 0.1) is 12.7 Å². The summed E-state index contributed by atoms with van der Waals surface area (Å²) in [6, 6.07) is 4.48. The van der Waals surface area contributed by atoms with Crippen molar-refractivity contribution in [1.29, 1.82) is 0 Å². The third kappa shape index (κ3) is 4.42. The third-order valence-corrected chi connectivity index (χ3v) is 4.89. The van der Waals surface area contributed by atoms with Crippen molar-refractivity contribution in [1.82, 2.24) is 9.88 Å². The largest absolute Gasteiger partial charge is 0.310 e. The number of halogens is 1. The van der Waals surface area contributed by atoms with E-state index in [-0.39, 0.29) is 28.9 Å². The molecule has 1 aromatic carbocycles. The second kappa shape index (κ2) is 8.99. The van der Waals surface area contributed by atoms with Gasteiger partial charge in [0.15, 0.2) is 0 Å². The summed E-state index contributed by atoms with van der Waals surface area (Å²) < 4.78 is 14.6. The molecule has 0 bridgehead atoms. The number of pyridine rings is 1. The van der Waals surface area contributed by atoms with Crippen LogP contribution in [-0.2, 0) is 11.2 Å². The van der Waals surface area contributed by atoms with Crippen LogP contribution in [0.25, 0.3) is 5.57 Å². The van der Waals surface area contributed by atoms with E-state index in [0.29, 0.717) is 17.6 Å². The minimum Gasteiger partial charge on any atom is -0.310 e. The highest BCUT2D eigenvalue weighted by atomic mass is 19.1. The second-order valence-corrected chi connectivity index (χ2v) is 7.25. The van der Waals surface area contributed by atoms with E-state index in [9.17, 15) is 18.8 Å². The van der Waals surface area contributed by atoms with Crippen molar-refractivity contribution in [2.75, 3.05) is 19.4 Å². The summed E-state index contributed by atoms with van der Waals surface area (Å²) in [5.41, 5.74) is 2.62. The monoisotopic (exact) mass is 422 g/mol. The third-order valence-electron chi connectivity index (χ3n) is 4.89. The number of hydrogen-bond acceptors (Lipinski definition) is 5. The lowest BCUT2D eigenvalue weighted by molar-refractivity contribution is -0.115. The smallest absolute Gasteiger partial charge is 0.261 e. The highest BCUT2D eigenvalue weighted by Crippen LogP contribution is 2.27. The predicted octanol–water partition coefficient (Wildman–Crippen LogP) is 3.43. The van der Waals surface area contributed by atoms with Crippen LogP contribution in [0.15, 0.2) is 35.5 Å². The average molecular weight is 422 g/mol. The molecule has 0 radical (unpaired) electrons. The van der Waals surface area contributed by atoms with Crippen LogP contribution in [-0.4, -0.2) is 47.9 Å². The number of benzene rings is 1. The summed E-state index contributed by atoms with van der Waals surface area (Å²) in [7, 11) is 3.00. The molecule has 1 aliphatic heterocycles. The van der Waals surface area contributed by atoms with Gasteiger partial charge in [-0.3, -0.25) is 24.3 Å². The Morgan fingerprint density at radius 2 is 2.00 bits per heavy atom. The minimum atomic E-state index is -0.538. The number of aromatic nitrogens is 1. The molecule has 1 aromatic heterocycles. The molecular weight excluding hydrogens is 399 g/mol. The predicted molar refractivity (Wildman–Crippen MR) is 117 cm³/mol. The Balaban J connectivity index is 1.82. The molecule has 8 heteroatoms. The number of allylic oxidation sites excluding steroid dienone is 2. The maximum Gasteiger partial charge on any atom is 0.261 e. The van der Waals surface area contributed by atoms with Crippen molar-refractivity contribution >= 4 is 35.3 Å². The van der Waals surface area contributed by atoms with E-state index in [2.05, 4.69) is 15.3 Å². The maximum atomic E-state index is 14.6. The van der Waals surface area contributed by atoms with Gasteiger partial charge < -0.3 is 5.32 Å². The summed E-state index contributed by atoms with van der Waals surface area (Å²) >= 11 is 0. The number of aliphatic imine (C=N–C) groups is 1. The molecule has 0 unspecified atom stereocenters. The zero-order chi connectivity index (χ0) is 22.7. The van der Waals surface area contributed by atoms with E-state index < -0.39 is 23.5 Å². The van der Waals surface area contributed by atoms with Crippen LogP contribution in [0.1, 0.15) is 50.8 Å². The minimum absolute atomic E-state index is 0.0550. The summed E-state index contributed by atoms with van der Waals surface area (Å²) in [5, 5.41) is 2.56. The number of nitrogens with zero attached hydrogens (tertiary/aromatic N) is 3. The van der Waals surface area contributed by atoms with Gasteiger partial charge in [-0.25, -0.2) is 9.37 Å². The molecule has 0 aliphatic carbocycles. The molecule has 160 valence electrons. The number of rotatable bonds is 6. The zero-order valence-electron chi connectivity index (χ0n) is 17.8. The molecule has 3 rings (SSSR count). The molecule has 31 heavy (non-hydrogen) atoms. The average Bonchev–Trinajstić information content (AvgIpc) is 2.92. The molecular formula is C23H23FN4O3. The number of amides is 3. The number of aryl methyl sites for hydroxylation is 1. The Hall–Kier alpha value is -3.68. The van der Waals surface area contributed by atoms with Gasteiger partial charge in [0.1, 0.15) is 11.6 Å². The zero-order valence-corrected chi connectivity index (χ0v) is 17.8. The first-order chi connectivity index (χ1) is 14.8. The fourth-order valence-electron chi connectivity index (χ4n) is 3.53. The molecule has 7 nitrogen and oxygen atoms in total. The van der Waals surface area contributed by atoms with Crippen LogP contribution in [0.3, 0.4) is 0 Å². The van der Waals surface area contributed by atoms with E-state index in [1.165, 1.54) is 13.2 Å². The molecule has 0 saturated heterocycles. The quantitative estimate of drug-likeness (QED) is 0.570. The fourth-order valence-corrected chi connectivity index (χ4v) is 3.53. The first-order valence-electron chi connectivity index (χ1n) is 9.80. The molecule has 0 spiro atoms. The van der Waals surface area contributed by atoms with Gasteiger partial charge in [0.05, 0.1) is 17.5 Å². The number of fused-ring (bicyclic) bond motifs is 1. The van der Waals surface area contributed by atoms with Gasteiger partial charge in [0.25, 0.3) is 11.8 Å². The van der Waals surface area contributed by atoms with Gasteiger partial charge in [-0.05, 0) is 36.1 Å². The highest BCUT2D eigenvalue weighted by Gasteiger charge is 2.35. The lowest BCUT2D eigenvalue weighted by Gasteiger charge is -2.10. The van der Waals surface area contributed by atoms with Crippen molar-refractivity contribution in [2.45, 2.75) is 26.7 Å². The van der Waals surface area contributed by atoms with Crippen molar-refractivity contribution in [3.05, 3.63) is 64.1 Å². The first-order valence-corrected chi connectivity index (χ1v) is 9.80. The van der Waals surface area contributed by atoms with Crippen LogP contribution < -0.4 is 5.32 Å². The molecule has 2 heterocycles. The van der Waals surface area contributed by atoms with Gasteiger partial charge in [-0.1, -0.05) is 19.1 Å². The van der Waals surface area contributed by atoms with Crippen molar-refractivity contribution < 1.29 is 18.8 Å². The number of anilines is 1. The molecule has 1 aliphatic rings. The van der Waals surface area contributed by atoms with E-state index in [1.807, 2.05) is 13.0 Å². The number of carbonyl (C=O) groups excluding carboxylic acids is 3. The van der Waals surface area contributed by atoms with Crippen LogP contribution in [0.5, 0.6) is 0 Å². The lowest BCUT2D eigenvalue weighted by atomic mass is 9.97. The second-order valence-electron chi connectivity index (χ2n) is 7.25. The number of imide groups is 1. The lowest BCUT2D eigenvalue weighted by Crippen LogP contribution is -2.25. The van der Waals surface area contributed by atoms with Gasteiger partial charge in [-0.15, -0.1) is 0 Å². The van der Waals surface area contributed by atoms with E-state index in [1.54, 1.807) is 32.3 Å². The fraction of sp³-hybridized carbons (Fsp3) is 0.261. The Morgan fingerprint density at radius 3 is 2.65 bits per heavy atom. The number of hydrogen-bond donors (Lipinski definition) is 1. The van der Waals surface area contributed by atoms with Gasteiger partial charge >= 0.3 is 0 Å². The molecule has 1 N–H and O–H groups in total. The topological polar surface area (TPSA) is 91.7 Å². The first kappa shape index (κ1) is 22.0. The van der Waals surface area contributed by atoms with Crippen LogP contribution in [0.4, 0.5) is 10.2 Å². The molecule has 3 amide bonds. The SMILES string of the molecule is CC/C=C(\C=NC)c1cnc(NC(=O)Cc2cc(C)cc3c2C(=O)N(C)C3=O)cc1F. The normalized spacial score (nSPS) is 13.8. The maximum absolute atomic E-state index is 14.6. The summed E-state index contributed by atoms with van der Waals surface area (Å²) in [6.07, 6.45) is 5.28. The number of carbonyl (C=O) groups is 3. The number of nitrogens with one attached hydrogen (secondary N) is 1. The summed E-state index contributed by atoms with van der Waals surface area (Å²) in [6.45, 7) is 3.72. The van der Waals surface area contributed by atoms with Crippen molar-refractivity contribution in [3.63, 3.8) is 0 Å². The molecule has 0 fully saturated rings. The van der Waals surface area contributed by atoms with Gasteiger partial charge in [-0.2, -0.15) is 0 Å². The van der Waals surface area contributed by atoms with E-state index in [4.69, 9.17) is 0 Å². The molecule has 2 aromatic rings. The summed E-state index contributed by atoms with van der Waals surface area (Å²) in [5.74, 6) is -1.79. The van der Waals surface area contributed by atoms with Crippen LogP contribution in [0.2, 0.25) is 0 Å². The summed E-state index contributed by atoms with van der Waals surface area (Å²) in [4.78, 5) is 46.3. The van der Waals surface area contributed by atoms with Crippen molar-refractivity contribution in [2.24, 2.45) is 4.99 Å². The Labute approximate surface area is 179 Å². The standard InChI is InChI=1S/C23H23FN4O3/c1-5-6-14(11-25-3)17-12-26-19(10-18(17)24)27-20(29)9-15-7-13(2)8-16-21(15)23(31)28(4)22(16)30/h6-8,10-12H,5,9H2,1-4H3,(H,26,27,29)/b14-6+,25-11?. The van der Waals surface area contributed by atoms with Gasteiger partial charge in [0.2, 0.25) is 5.91 Å². The molecule has 0 atom stereocenters. The van der Waals surface area contributed by atoms with Crippen molar-refractivity contribution in [3.8, 4) is 0 Å². The Morgan fingerprint density at radius 1 is 1.26 bits per heavy atom. The Bertz CT molecular complexity index is 1140. The highest BCUT2D eigenvalue weighted by molar-refractivity contribution is 6.22. The van der Waals surface area contributed by atoms with Crippen LogP contribution >= 0.6 is 0 Å². The van der Waals surface area contributed by atoms with E-state index in [0.717, 1.165) is 16.5 Å². The molecule has 0 saturated carbocycles.